The van der Waals surface area contributed by atoms with Crippen LogP contribution in [0.25, 0.3) is 0 Å². The Balaban J connectivity index is 0.00000392. The van der Waals surface area contributed by atoms with E-state index in [1.165, 1.54) is 11.1 Å². The summed E-state index contributed by atoms with van der Waals surface area (Å²) in [5.41, 5.74) is 2.50. The lowest BCUT2D eigenvalue weighted by atomic mass is 10.1. The number of aliphatic imine (C=N–C) groups is 1. The van der Waals surface area contributed by atoms with E-state index in [2.05, 4.69) is 66.5 Å². The zero-order valence-electron chi connectivity index (χ0n) is 16.8. The largest absolute Gasteiger partial charge is 0.383 e. The summed E-state index contributed by atoms with van der Waals surface area (Å²) in [7, 11) is 3.44. The Bertz CT molecular complexity index is 651. The molecule has 2 N–H and O–H groups in total. The van der Waals surface area contributed by atoms with Crippen LogP contribution in [0.2, 0.25) is 0 Å². The molecule has 1 heterocycles. The molecule has 0 atom stereocenters. The first-order valence-electron chi connectivity index (χ1n) is 9.22. The number of nitrogens with one attached hydrogen (secondary N) is 2. The van der Waals surface area contributed by atoms with Crippen LogP contribution in [-0.2, 0) is 16.1 Å². The molecule has 1 aromatic rings. The van der Waals surface area contributed by atoms with Crippen molar-refractivity contribution in [1.82, 2.24) is 20.4 Å². The van der Waals surface area contributed by atoms with Crippen LogP contribution < -0.4 is 10.6 Å². The lowest BCUT2D eigenvalue weighted by Crippen LogP contribution is -2.54. The molecule has 1 aliphatic rings. The third-order valence-electron chi connectivity index (χ3n) is 4.62. The van der Waals surface area contributed by atoms with Gasteiger partial charge in [-0.3, -0.25) is 14.7 Å². The minimum atomic E-state index is 0. The lowest BCUT2D eigenvalue weighted by Gasteiger charge is -2.36. The first kappa shape index (κ1) is 25.1. The molecule has 9 heteroatoms. The zero-order chi connectivity index (χ0) is 19.6. The molecular weight excluding hydrogens is 537 g/mol. The standard InChI is InChI=1S/C19H30BrN5O2.HI/c1-15-12-17(20)5-4-16(15)13-23-19(21-2)25-9-7-24(8-10-25)14-18(26)22-6-11-27-3;/h4-5,12H,6-11,13-14H2,1-3H3,(H,21,23)(H,22,26);1H. The van der Waals surface area contributed by atoms with Crippen LogP contribution in [-0.4, -0.2) is 81.7 Å². The Labute approximate surface area is 193 Å². The lowest BCUT2D eigenvalue weighted by molar-refractivity contribution is -0.122. The van der Waals surface area contributed by atoms with Crippen LogP contribution in [0.3, 0.4) is 0 Å². The molecule has 1 saturated heterocycles. The summed E-state index contributed by atoms with van der Waals surface area (Å²) in [6, 6.07) is 6.30. The van der Waals surface area contributed by atoms with Crippen molar-refractivity contribution in [2.75, 3.05) is 60.0 Å². The van der Waals surface area contributed by atoms with Gasteiger partial charge in [0, 0.05) is 57.9 Å². The smallest absolute Gasteiger partial charge is 0.234 e. The number of nitrogens with zero attached hydrogens (tertiary/aromatic N) is 3. The molecule has 0 saturated carbocycles. The number of methoxy groups -OCH3 is 1. The van der Waals surface area contributed by atoms with Gasteiger partial charge in [0.05, 0.1) is 13.2 Å². The predicted octanol–water partition coefficient (Wildman–Crippen LogP) is 1.83. The normalized spacial score (nSPS) is 15.1. The molecule has 0 aliphatic carbocycles. The maximum absolute atomic E-state index is 11.9. The number of guanidine groups is 1. The van der Waals surface area contributed by atoms with Gasteiger partial charge in [-0.05, 0) is 30.2 Å². The molecule has 0 bridgehead atoms. The third-order valence-corrected chi connectivity index (χ3v) is 5.11. The first-order chi connectivity index (χ1) is 13.0. The van der Waals surface area contributed by atoms with Crippen molar-refractivity contribution in [3.63, 3.8) is 0 Å². The molecule has 0 radical (unpaired) electrons. The molecule has 0 spiro atoms. The monoisotopic (exact) mass is 567 g/mol. The second-order valence-corrected chi connectivity index (χ2v) is 7.49. The van der Waals surface area contributed by atoms with Gasteiger partial charge in [-0.2, -0.15) is 0 Å². The van der Waals surface area contributed by atoms with E-state index < -0.39 is 0 Å². The van der Waals surface area contributed by atoms with Crippen LogP contribution in [0.4, 0.5) is 0 Å². The molecule has 1 fully saturated rings. The molecule has 28 heavy (non-hydrogen) atoms. The molecule has 0 aromatic heterocycles. The Kier molecular flexibility index (Phi) is 12.0. The summed E-state index contributed by atoms with van der Waals surface area (Å²) < 4.78 is 6.04. The Morgan fingerprint density at radius 3 is 2.57 bits per heavy atom. The molecule has 1 aromatic carbocycles. The first-order valence-corrected chi connectivity index (χ1v) is 10.0. The van der Waals surface area contributed by atoms with E-state index in [1.54, 1.807) is 7.11 Å². The second kappa shape index (κ2) is 13.3. The van der Waals surface area contributed by atoms with Gasteiger partial charge in [0.15, 0.2) is 5.96 Å². The van der Waals surface area contributed by atoms with Crippen LogP contribution in [0.1, 0.15) is 11.1 Å². The summed E-state index contributed by atoms with van der Waals surface area (Å²) in [5, 5.41) is 6.32. The van der Waals surface area contributed by atoms with E-state index in [-0.39, 0.29) is 29.9 Å². The van der Waals surface area contributed by atoms with E-state index in [9.17, 15) is 4.79 Å². The summed E-state index contributed by atoms with van der Waals surface area (Å²) in [6.07, 6.45) is 0. The van der Waals surface area contributed by atoms with Crippen molar-refractivity contribution in [1.29, 1.82) is 0 Å². The van der Waals surface area contributed by atoms with Gasteiger partial charge in [0.1, 0.15) is 0 Å². The van der Waals surface area contributed by atoms with E-state index in [1.807, 2.05) is 7.05 Å². The fraction of sp³-hybridized carbons (Fsp3) is 0.579. The number of amides is 1. The van der Waals surface area contributed by atoms with Gasteiger partial charge in [0.2, 0.25) is 5.91 Å². The quantitative estimate of drug-likeness (QED) is 0.228. The van der Waals surface area contributed by atoms with Gasteiger partial charge in [0.25, 0.3) is 0 Å². The van der Waals surface area contributed by atoms with Gasteiger partial charge in [-0.25, -0.2) is 0 Å². The van der Waals surface area contributed by atoms with Gasteiger partial charge >= 0.3 is 0 Å². The predicted molar refractivity (Wildman–Crippen MR) is 127 cm³/mol. The zero-order valence-corrected chi connectivity index (χ0v) is 20.7. The molecule has 158 valence electrons. The van der Waals surface area contributed by atoms with Crippen molar-refractivity contribution >= 4 is 51.8 Å². The van der Waals surface area contributed by atoms with Crippen molar-refractivity contribution in [3.05, 3.63) is 33.8 Å². The number of halogens is 2. The van der Waals surface area contributed by atoms with Crippen molar-refractivity contribution in [2.24, 2.45) is 4.99 Å². The topological polar surface area (TPSA) is 69.2 Å². The molecular formula is C19H31BrIN5O2. The highest BCUT2D eigenvalue weighted by Crippen LogP contribution is 2.15. The van der Waals surface area contributed by atoms with E-state index in [0.717, 1.165) is 43.2 Å². The number of ether oxygens (including phenoxy) is 1. The van der Waals surface area contributed by atoms with Crippen molar-refractivity contribution < 1.29 is 9.53 Å². The van der Waals surface area contributed by atoms with Crippen molar-refractivity contribution in [2.45, 2.75) is 13.5 Å². The molecule has 7 nitrogen and oxygen atoms in total. The van der Waals surface area contributed by atoms with Gasteiger partial charge < -0.3 is 20.3 Å². The minimum absolute atomic E-state index is 0. The number of benzene rings is 1. The Morgan fingerprint density at radius 2 is 1.96 bits per heavy atom. The maximum Gasteiger partial charge on any atom is 0.234 e. The maximum atomic E-state index is 11.9. The van der Waals surface area contributed by atoms with Gasteiger partial charge in [-0.15, -0.1) is 24.0 Å². The number of piperazine rings is 1. The summed E-state index contributed by atoms with van der Waals surface area (Å²) >= 11 is 3.50. The Morgan fingerprint density at radius 1 is 1.25 bits per heavy atom. The van der Waals surface area contributed by atoms with E-state index in [4.69, 9.17) is 4.74 Å². The van der Waals surface area contributed by atoms with Crippen molar-refractivity contribution in [3.8, 4) is 0 Å². The van der Waals surface area contributed by atoms with Crippen LogP contribution in [0, 0.1) is 6.92 Å². The Hall–Kier alpha value is -0.910. The SMILES string of the molecule is CN=C(NCc1ccc(Br)cc1C)N1CCN(CC(=O)NCCOC)CC1.I. The number of hydrogen-bond acceptors (Lipinski definition) is 4. The number of hydrogen-bond donors (Lipinski definition) is 2. The fourth-order valence-corrected chi connectivity index (χ4v) is 3.51. The molecule has 0 unspecified atom stereocenters. The second-order valence-electron chi connectivity index (χ2n) is 6.58. The van der Waals surface area contributed by atoms with E-state index in [0.29, 0.717) is 19.7 Å². The average molecular weight is 568 g/mol. The van der Waals surface area contributed by atoms with Crippen LogP contribution in [0.5, 0.6) is 0 Å². The number of carbonyl (C=O) groups excluding carboxylic acids is 1. The summed E-state index contributed by atoms with van der Waals surface area (Å²) in [4.78, 5) is 20.7. The minimum Gasteiger partial charge on any atom is -0.383 e. The van der Waals surface area contributed by atoms with Gasteiger partial charge in [-0.1, -0.05) is 22.0 Å². The molecule has 1 amide bonds. The van der Waals surface area contributed by atoms with Crippen LogP contribution in [0.15, 0.2) is 27.7 Å². The number of aryl methyl sites for hydroxylation is 1. The summed E-state index contributed by atoms with van der Waals surface area (Å²) in [5.74, 6) is 0.954. The number of rotatable bonds is 7. The third kappa shape index (κ3) is 8.22. The fourth-order valence-electron chi connectivity index (χ4n) is 3.03. The molecule has 1 aliphatic heterocycles. The summed E-state index contributed by atoms with van der Waals surface area (Å²) in [6.45, 7) is 7.78. The van der Waals surface area contributed by atoms with E-state index >= 15 is 0 Å². The highest BCUT2D eigenvalue weighted by atomic mass is 127. The highest BCUT2D eigenvalue weighted by molar-refractivity contribution is 14.0. The number of carbonyl (C=O) groups is 1. The highest BCUT2D eigenvalue weighted by Gasteiger charge is 2.21. The van der Waals surface area contributed by atoms with Crippen LogP contribution >= 0.6 is 39.9 Å². The average Bonchev–Trinajstić information content (AvgIpc) is 2.65. The molecule has 2 rings (SSSR count).